The Morgan fingerprint density at radius 2 is 1.82 bits per heavy atom. The molecule has 1 fully saturated rings. The molecule has 34 heavy (non-hydrogen) atoms. The fourth-order valence-electron chi connectivity index (χ4n) is 3.26. The summed E-state index contributed by atoms with van der Waals surface area (Å²) in [7, 11) is 0. The van der Waals surface area contributed by atoms with E-state index < -0.39 is 17.8 Å². The first-order chi connectivity index (χ1) is 16.4. The number of barbiturate groups is 1. The smallest absolute Gasteiger partial charge is 0.331 e. The Balaban J connectivity index is 1.49. The van der Waals surface area contributed by atoms with Gasteiger partial charge in [-0.25, -0.2) is 4.79 Å². The second-order valence-corrected chi connectivity index (χ2v) is 7.53. The van der Waals surface area contributed by atoms with Gasteiger partial charge < -0.3 is 14.5 Å². The number of amides is 5. The minimum atomic E-state index is -0.833. The van der Waals surface area contributed by atoms with Gasteiger partial charge in [-0.1, -0.05) is 35.9 Å². The van der Waals surface area contributed by atoms with Crippen molar-refractivity contribution in [2.24, 2.45) is 0 Å². The monoisotopic (exact) mass is 459 g/mol. The number of nitrogens with one attached hydrogen (secondary N) is 2. The molecule has 9 heteroatoms. The largest absolute Gasteiger partial charge is 0.483 e. The summed E-state index contributed by atoms with van der Waals surface area (Å²) in [5, 5.41) is 4.89. The number of benzene rings is 2. The predicted octanol–water partition coefficient (Wildman–Crippen LogP) is 3.27. The van der Waals surface area contributed by atoms with Crippen LogP contribution in [0, 0.1) is 6.92 Å². The highest BCUT2D eigenvalue weighted by Gasteiger charge is 2.36. The van der Waals surface area contributed by atoms with Crippen LogP contribution in [0.4, 0.5) is 10.5 Å². The van der Waals surface area contributed by atoms with E-state index in [-0.39, 0.29) is 24.6 Å². The lowest BCUT2D eigenvalue weighted by Crippen LogP contribution is -2.53. The number of anilines is 1. The van der Waals surface area contributed by atoms with Crippen LogP contribution in [0.25, 0.3) is 6.08 Å². The topological polar surface area (TPSA) is 118 Å². The molecule has 0 radical (unpaired) electrons. The van der Waals surface area contributed by atoms with Crippen LogP contribution >= 0.6 is 0 Å². The summed E-state index contributed by atoms with van der Waals surface area (Å²) in [5.41, 5.74) is 1.87. The van der Waals surface area contributed by atoms with Crippen molar-refractivity contribution in [1.82, 2.24) is 10.2 Å². The number of hydrogen-bond donors (Lipinski definition) is 2. The number of rotatable bonds is 7. The Hall–Kier alpha value is -4.66. The third-order valence-electron chi connectivity index (χ3n) is 4.99. The molecule has 0 spiro atoms. The van der Waals surface area contributed by atoms with Crippen LogP contribution in [0.5, 0.6) is 5.75 Å². The number of carbonyl (C=O) groups is 4. The molecule has 172 valence electrons. The summed E-state index contributed by atoms with van der Waals surface area (Å²) in [4.78, 5) is 50.7. The molecule has 0 unspecified atom stereocenters. The number of ether oxygens (including phenoxy) is 1. The van der Waals surface area contributed by atoms with Crippen molar-refractivity contribution in [3.05, 3.63) is 89.4 Å². The number of carbonyl (C=O) groups excluding carboxylic acids is 4. The molecular formula is C25H21N3O6. The Morgan fingerprint density at radius 3 is 2.56 bits per heavy atom. The summed E-state index contributed by atoms with van der Waals surface area (Å²) in [6.07, 6.45) is 2.75. The summed E-state index contributed by atoms with van der Waals surface area (Å²) in [6, 6.07) is 16.4. The van der Waals surface area contributed by atoms with E-state index in [1.165, 1.54) is 12.3 Å². The molecule has 2 heterocycles. The average Bonchev–Trinajstić information content (AvgIpc) is 3.33. The van der Waals surface area contributed by atoms with Gasteiger partial charge >= 0.3 is 6.03 Å². The van der Waals surface area contributed by atoms with Gasteiger partial charge in [0.15, 0.2) is 6.61 Å². The lowest BCUT2D eigenvalue weighted by Gasteiger charge is -2.25. The van der Waals surface area contributed by atoms with Crippen molar-refractivity contribution < 1.29 is 28.3 Å². The summed E-state index contributed by atoms with van der Waals surface area (Å²) < 4.78 is 10.8. The van der Waals surface area contributed by atoms with E-state index in [0.717, 1.165) is 10.5 Å². The number of furan rings is 1. The third kappa shape index (κ3) is 5.21. The van der Waals surface area contributed by atoms with Crippen molar-refractivity contribution in [1.29, 1.82) is 0 Å². The highest BCUT2D eigenvalue weighted by Crippen LogP contribution is 2.24. The first-order valence-corrected chi connectivity index (χ1v) is 10.4. The molecule has 2 N–H and O–H groups in total. The molecule has 9 nitrogen and oxygen atoms in total. The van der Waals surface area contributed by atoms with Gasteiger partial charge in [0.2, 0.25) is 0 Å². The highest BCUT2D eigenvalue weighted by atomic mass is 16.5. The zero-order valence-corrected chi connectivity index (χ0v) is 18.2. The van der Waals surface area contributed by atoms with Gasteiger partial charge in [0.05, 0.1) is 12.8 Å². The first-order valence-electron chi connectivity index (χ1n) is 10.4. The number of imide groups is 2. The summed E-state index contributed by atoms with van der Waals surface area (Å²) >= 11 is 0. The Morgan fingerprint density at radius 1 is 1.06 bits per heavy atom. The SMILES string of the molecule is Cc1ccc(NC(=O)COc2ccccc2/C=C2\C(=O)NC(=O)N(Cc3ccco3)C2=O)cc1. The molecule has 4 rings (SSSR count). The van der Waals surface area contributed by atoms with Gasteiger partial charge in [-0.2, -0.15) is 0 Å². The lowest BCUT2D eigenvalue weighted by atomic mass is 10.1. The van der Waals surface area contributed by atoms with Crippen LogP contribution in [0.1, 0.15) is 16.9 Å². The van der Waals surface area contributed by atoms with Crippen molar-refractivity contribution in [2.45, 2.75) is 13.5 Å². The van der Waals surface area contributed by atoms with Gasteiger partial charge in [0, 0.05) is 11.3 Å². The molecule has 1 aliphatic heterocycles. The number of aryl methyl sites for hydroxylation is 1. The van der Waals surface area contributed by atoms with Gasteiger partial charge in [0.1, 0.15) is 17.1 Å². The Kier molecular flexibility index (Phi) is 6.54. The van der Waals surface area contributed by atoms with Crippen molar-refractivity contribution in [3.8, 4) is 5.75 Å². The van der Waals surface area contributed by atoms with Crippen molar-refractivity contribution in [2.75, 3.05) is 11.9 Å². The molecule has 0 atom stereocenters. The van der Waals surface area contributed by atoms with Crippen molar-refractivity contribution >= 4 is 35.5 Å². The van der Waals surface area contributed by atoms with Gasteiger partial charge in [-0.3, -0.25) is 24.6 Å². The van der Waals surface area contributed by atoms with Crippen LogP contribution in [0.3, 0.4) is 0 Å². The fourth-order valence-corrected chi connectivity index (χ4v) is 3.26. The van der Waals surface area contributed by atoms with E-state index in [0.29, 0.717) is 22.8 Å². The van der Waals surface area contributed by atoms with Crippen LogP contribution in [-0.4, -0.2) is 35.3 Å². The predicted molar refractivity (Wildman–Crippen MR) is 123 cm³/mol. The zero-order valence-electron chi connectivity index (χ0n) is 18.2. The molecule has 3 aromatic rings. The highest BCUT2D eigenvalue weighted by molar-refractivity contribution is 6.31. The number of urea groups is 1. The maximum atomic E-state index is 12.9. The van der Waals surface area contributed by atoms with Crippen molar-refractivity contribution in [3.63, 3.8) is 0 Å². The standard InChI is InChI=1S/C25H21N3O6/c1-16-8-10-18(11-9-16)26-22(29)15-34-21-7-3-2-5-17(21)13-20-23(30)27-25(32)28(24(20)31)14-19-6-4-12-33-19/h2-13H,14-15H2,1H3,(H,26,29)(H,27,30,32)/b20-13+. The molecule has 0 aliphatic carbocycles. The number of hydrogen-bond acceptors (Lipinski definition) is 6. The third-order valence-corrected chi connectivity index (χ3v) is 4.99. The van der Waals surface area contributed by atoms with E-state index in [2.05, 4.69) is 10.6 Å². The second kappa shape index (κ2) is 9.86. The van der Waals surface area contributed by atoms with Gasteiger partial charge in [-0.15, -0.1) is 0 Å². The Bertz CT molecular complexity index is 1260. The molecular weight excluding hydrogens is 438 g/mol. The van der Waals surface area contributed by atoms with Crippen LogP contribution in [0.2, 0.25) is 0 Å². The summed E-state index contributed by atoms with van der Waals surface area (Å²) in [5.74, 6) is -1.27. The first kappa shape index (κ1) is 22.5. The maximum absolute atomic E-state index is 12.9. The number of para-hydroxylation sites is 1. The Labute approximate surface area is 195 Å². The molecule has 1 aliphatic rings. The average molecular weight is 459 g/mol. The fraction of sp³-hybridized carbons (Fsp3) is 0.120. The molecule has 1 aromatic heterocycles. The van der Waals surface area contributed by atoms with Gasteiger partial charge in [-0.05, 0) is 43.3 Å². The van der Waals surface area contributed by atoms with E-state index in [4.69, 9.17) is 9.15 Å². The summed E-state index contributed by atoms with van der Waals surface area (Å²) in [6.45, 7) is 1.54. The van der Waals surface area contributed by atoms with Crippen LogP contribution in [0.15, 0.2) is 76.9 Å². The minimum absolute atomic E-state index is 0.125. The zero-order chi connectivity index (χ0) is 24.1. The minimum Gasteiger partial charge on any atom is -0.483 e. The van der Waals surface area contributed by atoms with E-state index in [9.17, 15) is 19.2 Å². The lowest BCUT2D eigenvalue weighted by molar-refractivity contribution is -0.130. The van der Waals surface area contributed by atoms with Crippen LogP contribution < -0.4 is 15.4 Å². The van der Waals surface area contributed by atoms with Gasteiger partial charge in [0.25, 0.3) is 17.7 Å². The molecule has 5 amide bonds. The van der Waals surface area contributed by atoms with Crippen LogP contribution in [-0.2, 0) is 20.9 Å². The van der Waals surface area contributed by atoms with E-state index in [1.807, 2.05) is 19.1 Å². The maximum Gasteiger partial charge on any atom is 0.331 e. The molecule has 1 saturated heterocycles. The normalized spacial score (nSPS) is 14.8. The number of nitrogens with zero attached hydrogens (tertiary/aromatic N) is 1. The molecule has 2 aromatic carbocycles. The van der Waals surface area contributed by atoms with E-state index >= 15 is 0 Å². The molecule has 0 bridgehead atoms. The second-order valence-electron chi connectivity index (χ2n) is 7.53. The molecule has 0 saturated carbocycles. The van der Waals surface area contributed by atoms with E-state index in [1.54, 1.807) is 48.5 Å². The quantitative estimate of drug-likeness (QED) is 0.414.